The molecule has 0 saturated carbocycles. The quantitative estimate of drug-likeness (QED) is 0.646. The number of piperazine rings is 1. The van der Waals surface area contributed by atoms with Gasteiger partial charge in [0.1, 0.15) is 0 Å². The van der Waals surface area contributed by atoms with Crippen LogP contribution in [0.1, 0.15) is 23.4 Å². The summed E-state index contributed by atoms with van der Waals surface area (Å²) in [7, 11) is 0. The van der Waals surface area contributed by atoms with Crippen molar-refractivity contribution in [3.8, 4) is 11.4 Å². The minimum absolute atomic E-state index is 0.230. The highest BCUT2D eigenvalue weighted by Crippen LogP contribution is 2.17. The number of hydrogen-bond donors (Lipinski definition) is 0. The van der Waals surface area contributed by atoms with Crippen molar-refractivity contribution in [1.29, 1.82) is 0 Å². The highest BCUT2D eigenvalue weighted by molar-refractivity contribution is 5.76. The Balaban J connectivity index is 1.25. The lowest BCUT2D eigenvalue weighted by atomic mass is 10.1. The lowest BCUT2D eigenvalue weighted by Crippen LogP contribution is -2.48. The smallest absolute Gasteiger partial charge is 0.241 e. The summed E-state index contributed by atoms with van der Waals surface area (Å²) in [5, 5.41) is 4.10. The molecule has 3 aromatic rings. The first kappa shape index (κ1) is 19.3. The second kappa shape index (κ2) is 9.01. The SMILES string of the molecule is Cc1ccc(-c2noc(CN3CCN(C(=O)CCc4ccccc4)CC3)n2)cc1. The van der Waals surface area contributed by atoms with E-state index in [2.05, 4.69) is 34.1 Å². The molecule has 1 aliphatic heterocycles. The molecule has 1 fully saturated rings. The van der Waals surface area contributed by atoms with Crippen molar-refractivity contribution in [2.45, 2.75) is 26.3 Å². The highest BCUT2D eigenvalue weighted by Gasteiger charge is 2.22. The summed E-state index contributed by atoms with van der Waals surface area (Å²) < 4.78 is 5.43. The van der Waals surface area contributed by atoms with E-state index in [-0.39, 0.29) is 5.91 Å². The molecular weight excluding hydrogens is 364 g/mol. The molecule has 6 heteroatoms. The van der Waals surface area contributed by atoms with Crippen LogP contribution in [0.5, 0.6) is 0 Å². The zero-order valence-corrected chi connectivity index (χ0v) is 16.8. The average molecular weight is 390 g/mol. The van der Waals surface area contributed by atoms with Crippen molar-refractivity contribution < 1.29 is 9.32 Å². The molecule has 0 N–H and O–H groups in total. The predicted octanol–water partition coefficient (Wildman–Crippen LogP) is 3.32. The number of nitrogens with zero attached hydrogens (tertiary/aromatic N) is 4. The van der Waals surface area contributed by atoms with Crippen LogP contribution in [0, 0.1) is 6.92 Å². The van der Waals surface area contributed by atoms with Crippen LogP contribution in [0.25, 0.3) is 11.4 Å². The van der Waals surface area contributed by atoms with Gasteiger partial charge in [-0.25, -0.2) is 0 Å². The molecular formula is C23H26N4O2. The summed E-state index contributed by atoms with van der Waals surface area (Å²) in [6.45, 7) is 5.79. The van der Waals surface area contributed by atoms with Gasteiger partial charge in [0, 0.05) is 38.2 Å². The number of benzene rings is 2. The topological polar surface area (TPSA) is 62.5 Å². The minimum atomic E-state index is 0.230. The zero-order valence-electron chi connectivity index (χ0n) is 16.8. The first-order chi connectivity index (χ1) is 14.2. The Morgan fingerprint density at radius 2 is 1.72 bits per heavy atom. The van der Waals surface area contributed by atoms with Crippen molar-refractivity contribution in [2.24, 2.45) is 0 Å². The molecule has 0 aliphatic carbocycles. The van der Waals surface area contributed by atoms with Crippen LogP contribution in [-0.2, 0) is 17.8 Å². The van der Waals surface area contributed by atoms with E-state index in [0.29, 0.717) is 24.7 Å². The maximum absolute atomic E-state index is 12.5. The van der Waals surface area contributed by atoms with Gasteiger partial charge in [-0.1, -0.05) is 65.3 Å². The van der Waals surface area contributed by atoms with E-state index in [1.54, 1.807) is 0 Å². The molecule has 1 aliphatic rings. The van der Waals surface area contributed by atoms with Crippen LogP contribution < -0.4 is 0 Å². The highest BCUT2D eigenvalue weighted by atomic mass is 16.5. The summed E-state index contributed by atoms with van der Waals surface area (Å²) in [5.41, 5.74) is 3.37. The lowest BCUT2D eigenvalue weighted by Gasteiger charge is -2.34. The minimum Gasteiger partial charge on any atom is -0.340 e. The maximum Gasteiger partial charge on any atom is 0.241 e. The van der Waals surface area contributed by atoms with Crippen LogP contribution in [0.15, 0.2) is 59.1 Å². The molecule has 2 aromatic carbocycles. The van der Waals surface area contributed by atoms with Gasteiger partial charge in [0.25, 0.3) is 0 Å². The summed E-state index contributed by atoms with van der Waals surface area (Å²) >= 11 is 0. The number of carbonyl (C=O) groups excluding carboxylic acids is 1. The number of hydrogen-bond acceptors (Lipinski definition) is 5. The third-order valence-electron chi connectivity index (χ3n) is 5.33. The summed E-state index contributed by atoms with van der Waals surface area (Å²) in [6, 6.07) is 18.3. The molecule has 29 heavy (non-hydrogen) atoms. The molecule has 2 heterocycles. The Morgan fingerprint density at radius 3 is 2.45 bits per heavy atom. The number of amides is 1. The predicted molar refractivity (Wildman–Crippen MR) is 111 cm³/mol. The average Bonchev–Trinajstić information content (AvgIpc) is 3.22. The fourth-order valence-corrected chi connectivity index (χ4v) is 3.54. The largest absolute Gasteiger partial charge is 0.340 e. The molecule has 1 amide bonds. The summed E-state index contributed by atoms with van der Waals surface area (Å²) in [5.74, 6) is 1.46. The fraction of sp³-hybridized carbons (Fsp3) is 0.348. The van der Waals surface area contributed by atoms with Crippen molar-refractivity contribution in [1.82, 2.24) is 19.9 Å². The number of carbonyl (C=O) groups is 1. The van der Waals surface area contributed by atoms with Gasteiger partial charge >= 0.3 is 0 Å². The van der Waals surface area contributed by atoms with E-state index in [0.717, 1.165) is 38.2 Å². The van der Waals surface area contributed by atoms with Gasteiger partial charge in [-0.15, -0.1) is 0 Å². The van der Waals surface area contributed by atoms with Gasteiger partial charge in [-0.05, 0) is 18.9 Å². The summed E-state index contributed by atoms with van der Waals surface area (Å²) in [6.07, 6.45) is 1.36. The van der Waals surface area contributed by atoms with Gasteiger partial charge in [0.05, 0.1) is 6.54 Å². The normalized spacial score (nSPS) is 14.9. The second-order valence-corrected chi connectivity index (χ2v) is 7.52. The zero-order chi connectivity index (χ0) is 20.1. The molecule has 150 valence electrons. The van der Waals surface area contributed by atoms with E-state index in [1.165, 1.54) is 11.1 Å². The molecule has 0 unspecified atom stereocenters. The Hall–Kier alpha value is -2.99. The lowest BCUT2D eigenvalue weighted by molar-refractivity contribution is -0.133. The van der Waals surface area contributed by atoms with E-state index in [1.807, 2.05) is 47.4 Å². The Morgan fingerprint density at radius 1 is 1.00 bits per heavy atom. The standard InChI is InChI=1S/C23H26N4O2/c1-18-7-10-20(11-8-18)23-24-21(29-25-23)17-26-13-15-27(16-14-26)22(28)12-9-19-5-3-2-4-6-19/h2-8,10-11H,9,12-17H2,1H3. The molecule has 0 bridgehead atoms. The van der Waals surface area contributed by atoms with Crippen molar-refractivity contribution in [2.75, 3.05) is 26.2 Å². The van der Waals surface area contributed by atoms with Crippen LogP contribution in [0.3, 0.4) is 0 Å². The van der Waals surface area contributed by atoms with Crippen LogP contribution in [0.2, 0.25) is 0 Å². The molecule has 4 rings (SSSR count). The maximum atomic E-state index is 12.5. The molecule has 1 saturated heterocycles. The Kier molecular flexibility index (Phi) is 6.00. The van der Waals surface area contributed by atoms with E-state index < -0.39 is 0 Å². The monoisotopic (exact) mass is 390 g/mol. The van der Waals surface area contributed by atoms with E-state index in [9.17, 15) is 4.79 Å². The van der Waals surface area contributed by atoms with Crippen LogP contribution >= 0.6 is 0 Å². The fourth-order valence-electron chi connectivity index (χ4n) is 3.54. The number of aryl methyl sites for hydroxylation is 2. The van der Waals surface area contributed by atoms with Crippen molar-refractivity contribution in [3.63, 3.8) is 0 Å². The third kappa shape index (κ3) is 5.09. The first-order valence-corrected chi connectivity index (χ1v) is 10.1. The van der Waals surface area contributed by atoms with E-state index in [4.69, 9.17) is 4.52 Å². The number of aromatic nitrogens is 2. The second-order valence-electron chi connectivity index (χ2n) is 7.52. The van der Waals surface area contributed by atoms with Crippen molar-refractivity contribution in [3.05, 3.63) is 71.6 Å². The van der Waals surface area contributed by atoms with Gasteiger partial charge in [0.2, 0.25) is 17.6 Å². The van der Waals surface area contributed by atoms with Gasteiger partial charge in [-0.2, -0.15) is 4.98 Å². The summed E-state index contributed by atoms with van der Waals surface area (Å²) in [4.78, 5) is 21.2. The Labute approximate surface area is 171 Å². The van der Waals surface area contributed by atoms with Gasteiger partial charge in [0.15, 0.2) is 0 Å². The van der Waals surface area contributed by atoms with Crippen LogP contribution in [-0.4, -0.2) is 52.0 Å². The van der Waals surface area contributed by atoms with Crippen molar-refractivity contribution >= 4 is 5.91 Å². The van der Waals surface area contributed by atoms with Crippen LogP contribution in [0.4, 0.5) is 0 Å². The molecule has 6 nitrogen and oxygen atoms in total. The Bertz CT molecular complexity index is 929. The van der Waals surface area contributed by atoms with E-state index >= 15 is 0 Å². The molecule has 1 aromatic heterocycles. The van der Waals surface area contributed by atoms with Gasteiger partial charge in [-0.3, -0.25) is 9.69 Å². The molecule has 0 radical (unpaired) electrons. The first-order valence-electron chi connectivity index (χ1n) is 10.1. The number of rotatable bonds is 6. The molecule has 0 atom stereocenters. The van der Waals surface area contributed by atoms with Gasteiger partial charge < -0.3 is 9.42 Å². The third-order valence-corrected chi connectivity index (χ3v) is 5.33. The molecule has 0 spiro atoms.